The molecule has 0 aliphatic heterocycles. The Balaban J connectivity index is 2.19. The summed E-state index contributed by atoms with van der Waals surface area (Å²) in [5.41, 5.74) is 2.32. The summed E-state index contributed by atoms with van der Waals surface area (Å²) in [6.07, 6.45) is 0.513. The van der Waals surface area contributed by atoms with Gasteiger partial charge in [-0.1, -0.05) is 23.9 Å². The standard InChI is InChI=1S/C20H27N3O3S/c1-6-23(7-2)18(24)13-27-20-21-14(3)17(19(25)22(20)4)12-15-8-10-16(26-5)11-9-15/h8-11H,6-7,12-13H2,1-5H3. The van der Waals surface area contributed by atoms with Crippen molar-refractivity contribution < 1.29 is 9.53 Å². The highest BCUT2D eigenvalue weighted by molar-refractivity contribution is 7.99. The van der Waals surface area contributed by atoms with Gasteiger partial charge < -0.3 is 9.64 Å². The predicted octanol–water partition coefficient (Wildman–Crippen LogP) is 2.65. The van der Waals surface area contributed by atoms with Crippen molar-refractivity contribution in [1.29, 1.82) is 0 Å². The molecule has 0 aliphatic carbocycles. The number of aromatic nitrogens is 2. The van der Waals surface area contributed by atoms with Gasteiger partial charge in [0.15, 0.2) is 5.16 Å². The zero-order chi connectivity index (χ0) is 20.0. The predicted molar refractivity (Wildman–Crippen MR) is 109 cm³/mol. The first kappa shape index (κ1) is 21.0. The summed E-state index contributed by atoms with van der Waals surface area (Å²) in [5.74, 6) is 1.12. The molecule has 6 nitrogen and oxygen atoms in total. The Bertz CT molecular complexity index is 843. The monoisotopic (exact) mass is 389 g/mol. The number of amides is 1. The molecular formula is C20H27N3O3S. The molecule has 1 amide bonds. The van der Waals surface area contributed by atoms with Crippen LogP contribution in [-0.4, -0.2) is 46.3 Å². The molecule has 0 atom stereocenters. The molecule has 1 heterocycles. The van der Waals surface area contributed by atoms with Crippen LogP contribution >= 0.6 is 11.8 Å². The van der Waals surface area contributed by atoms with E-state index in [4.69, 9.17) is 4.74 Å². The van der Waals surface area contributed by atoms with Crippen molar-refractivity contribution in [2.24, 2.45) is 7.05 Å². The topological polar surface area (TPSA) is 64.4 Å². The van der Waals surface area contributed by atoms with Crippen molar-refractivity contribution in [3.05, 3.63) is 51.4 Å². The van der Waals surface area contributed by atoms with Crippen molar-refractivity contribution in [3.63, 3.8) is 0 Å². The lowest BCUT2D eigenvalue weighted by molar-refractivity contribution is -0.127. The number of aryl methyl sites for hydroxylation is 1. The Morgan fingerprint density at radius 1 is 1.22 bits per heavy atom. The molecule has 7 heteroatoms. The third kappa shape index (κ3) is 5.13. The van der Waals surface area contributed by atoms with E-state index in [2.05, 4.69) is 4.98 Å². The number of hydrogen-bond donors (Lipinski definition) is 0. The highest BCUT2D eigenvalue weighted by Gasteiger charge is 2.16. The summed E-state index contributed by atoms with van der Waals surface area (Å²) in [6, 6.07) is 7.66. The number of thioether (sulfide) groups is 1. The fourth-order valence-corrected chi connectivity index (χ4v) is 3.72. The van der Waals surface area contributed by atoms with Crippen LogP contribution < -0.4 is 10.3 Å². The summed E-state index contributed by atoms with van der Waals surface area (Å²) < 4.78 is 6.70. The zero-order valence-electron chi connectivity index (χ0n) is 16.6. The molecular weight excluding hydrogens is 362 g/mol. The summed E-state index contributed by atoms with van der Waals surface area (Å²) in [6.45, 7) is 7.12. The molecule has 0 saturated heterocycles. The molecule has 1 aromatic heterocycles. The number of carbonyl (C=O) groups excluding carboxylic acids is 1. The van der Waals surface area contributed by atoms with Gasteiger partial charge in [-0.25, -0.2) is 4.98 Å². The van der Waals surface area contributed by atoms with Gasteiger partial charge in [0, 0.05) is 37.8 Å². The number of ether oxygens (including phenoxy) is 1. The van der Waals surface area contributed by atoms with Crippen LogP contribution in [0.3, 0.4) is 0 Å². The summed E-state index contributed by atoms with van der Waals surface area (Å²) in [5, 5.41) is 0.566. The Kier molecular flexibility index (Phi) is 7.47. The second-order valence-corrected chi connectivity index (χ2v) is 7.14. The molecule has 2 aromatic rings. The number of hydrogen-bond acceptors (Lipinski definition) is 5. The first-order valence-corrected chi connectivity index (χ1v) is 9.99. The maximum Gasteiger partial charge on any atom is 0.257 e. The van der Waals surface area contributed by atoms with Gasteiger partial charge in [-0.05, 0) is 38.5 Å². The summed E-state index contributed by atoms with van der Waals surface area (Å²) in [7, 11) is 3.33. The molecule has 0 N–H and O–H groups in total. The largest absolute Gasteiger partial charge is 0.497 e. The fourth-order valence-electron chi connectivity index (χ4n) is 2.80. The Labute approximate surface area is 164 Å². The quantitative estimate of drug-likeness (QED) is 0.513. The van der Waals surface area contributed by atoms with Gasteiger partial charge in [0.2, 0.25) is 5.91 Å². The summed E-state index contributed by atoms with van der Waals surface area (Å²) in [4.78, 5) is 31.4. The van der Waals surface area contributed by atoms with Crippen LogP contribution in [0.15, 0.2) is 34.2 Å². The van der Waals surface area contributed by atoms with Crippen LogP contribution in [0.5, 0.6) is 5.75 Å². The SMILES string of the molecule is CCN(CC)C(=O)CSc1nc(C)c(Cc2ccc(OC)cc2)c(=O)n1C. The number of nitrogens with zero attached hydrogens (tertiary/aromatic N) is 3. The van der Waals surface area contributed by atoms with Crippen LogP contribution in [0, 0.1) is 6.92 Å². The molecule has 0 aliphatic rings. The minimum atomic E-state index is -0.0730. The highest BCUT2D eigenvalue weighted by atomic mass is 32.2. The van der Waals surface area contributed by atoms with Crippen molar-refractivity contribution in [3.8, 4) is 5.75 Å². The van der Waals surface area contributed by atoms with E-state index in [0.717, 1.165) is 11.3 Å². The molecule has 27 heavy (non-hydrogen) atoms. The van der Waals surface area contributed by atoms with E-state index in [1.165, 1.54) is 16.3 Å². The first-order chi connectivity index (χ1) is 12.9. The molecule has 1 aromatic carbocycles. The Hall–Kier alpha value is -2.28. The zero-order valence-corrected chi connectivity index (χ0v) is 17.4. The maximum absolute atomic E-state index is 12.8. The minimum absolute atomic E-state index is 0.0548. The molecule has 0 radical (unpaired) electrons. The normalized spacial score (nSPS) is 10.7. The van der Waals surface area contributed by atoms with Crippen LogP contribution in [0.25, 0.3) is 0 Å². The molecule has 0 bridgehead atoms. The van der Waals surface area contributed by atoms with E-state index in [-0.39, 0.29) is 17.2 Å². The minimum Gasteiger partial charge on any atom is -0.497 e. The van der Waals surface area contributed by atoms with E-state index < -0.39 is 0 Å². The number of methoxy groups -OCH3 is 1. The van der Waals surface area contributed by atoms with Crippen LogP contribution in [0.1, 0.15) is 30.7 Å². The van der Waals surface area contributed by atoms with E-state index in [1.54, 1.807) is 19.1 Å². The molecule has 0 fully saturated rings. The maximum atomic E-state index is 12.8. The third-order valence-electron chi connectivity index (χ3n) is 4.53. The van der Waals surface area contributed by atoms with E-state index in [1.807, 2.05) is 45.0 Å². The molecule has 0 saturated carbocycles. The van der Waals surface area contributed by atoms with Crippen molar-refractivity contribution in [2.45, 2.75) is 32.3 Å². The van der Waals surface area contributed by atoms with Crippen molar-refractivity contribution in [1.82, 2.24) is 14.5 Å². The Morgan fingerprint density at radius 2 is 1.85 bits per heavy atom. The van der Waals surface area contributed by atoms with Gasteiger partial charge in [0.25, 0.3) is 5.56 Å². The van der Waals surface area contributed by atoms with Crippen LogP contribution in [-0.2, 0) is 18.3 Å². The Morgan fingerprint density at radius 3 is 2.41 bits per heavy atom. The molecule has 0 unspecified atom stereocenters. The van der Waals surface area contributed by atoms with E-state index >= 15 is 0 Å². The van der Waals surface area contributed by atoms with Gasteiger partial charge in [-0.2, -0.15) is 0 Å². The number of rotatable bonds is 8. The van der Waals surface area contributed by atoms with E-state index in [0.29, 0.717) is 35.9 Å². The molecule has 2 rings (SSSR count). The number of carbonyl (C=O) groups is 1. The van der Waals surface area contributed by atoms with Gasteiger partial charge in [-0.15, -0.1) is 0 Å². The van der Waals surface area contributed by atoms with Gasteiger partial charge in [0.1, 0.15) is 5.75 Å². The lowest BCUT2D eigenvalue weighted by atomic mass is 10.1. The number of benzene rings is 1. The van der Waals surface area contributed by atoms with Crippen LogP contribution in [0.2, 0.25) is 0 Å². The van der Waals surface area contributed by atoms with Crippen molar-refractivity contribution >= 4 is 17.7 Å². The second-order valence-electron chi connectivity index (χ2n) is 6.20. The van der Waals surface area contributed by atoms with E-state index in [9.17, 15) is 9.59 Å². The van der Waals surface area contributed by atoms with Crippen molar-refractivity contribution in [2.75, 3.05) is 26.0 Å². The third-order valence-corrected chi connectivity index (χ3v) is 5.55. The lowest BCUT2D eigenvalue weighted by Crippen LogP contribution is -2.32. The highest BCUT2D eigenvalue weighted by Crippen LogP contribution is 2.18. The average Bonchev–Trinajstić information content (AvgIpc) is 2.68. The fraction of sp³-hybridized carbons (Fsp3) is 0.450. The smallest absolute Gasteiger partial charge is 0.257 e. The average molecular weight is 390 g/mol. The first-order valence-electron chi connectivity index (χ1n) is 9.01. The van der Waals surface area contributed by atoms with Gasteiger partial charge in [-0.3, -0.25) is 14.2 Å². The second kappa shape index (κ2) is 9.60. The van der Waals surface area contributed by atoms with Gasteiger partial charge >= 0.3 is 0 Å². The molecule has 146 valence electrons. The van der Waals surface area contributed by atoms with Crippen LogP contribution in [0.4, 0.5) is 0 Å². The van der Waals surface area contributed by atoms with Gasteiger partial charge in [0.05, 0.1) is 12.9 Å². The lowest BCUT2D eigenvalue weighted by Gasteiger charge is -2.18. The molecule has 0 spiro atoms. The summed E-state index contributed by atoms with van der Waals surface area (Å²) >= 11 is 1.31.